The summed E-state index contributed by atoms with van der Waals surface area (Å²) in [6, 6.07) is 0.382. The summed E-state index contributed by atoms with van der Waals surface area (Å²) >= 11 is 1.95. The quantitative estimate of drug-likeness (QED) is 0.582. The molecule has 0 amide bonds. The number of hydrogen-bond acceptors (Lipinski definition) is 4. The number of nitrogens with zero attached hydrogens (tertiary/aromatic N) is 1. The summed E-state index contributed by atoms with van der Waals surface area (Å²) in [5, 5.41) is 0. The van der Waals surface area contributed by atoms with E-state index in [1.54, 1.807) is 0 Å². The third kappa shape index (κ3) is 1.31. The van der Waals surface area contributed by atoms with E-state index in [-0.39, 0.29) is 5.54 Å². The molecule has 0 aromatic rings. The molecule has 2 rings (SSSR count). The molecule has 1 spiro atoms. The smallest absolute Gasteiger partial charge is 0.282 e. The van der Waals surface area contributed by atoms with Gasteiger partial charge < -0.3 is 10.5 Å². The van der Waals surface area contributed by atoms with Crippen LogP contribution in [0.1, 0.15) is 12.8 Å². The Morgan fingerprint density at radius 2 is 2.55 bits per heavy atom. The van der Waals surface area contributed by atoms with Crippen molar-refractivity contribution in [2.45, 2.75) is 18.4 Å². The zero-order chi connectivity index (χ0) is 7.73. The van der Waals surface area contributed by atoms with Gasteiger partial charge in [0.05, 0.1) is 0 Å². The molecule has 2 N–H and O–H groups in total. The highest BCUT2D eigenvalue weighted by atomic mass is 32.2. The SMILES string of the molecule is NC1=NC2(CCCSC2)CO1. The summed E-state index contributed by atoms with van der Waals surface area (Å²) in [6.07, 6.45) is 2.38. The summed E-state index contributed by atoms with van der Waals surface area (Å²) in [5.41, 5.74) is 5.51. The zero-order valence-electron chi connectivity index (χ0n) is 6.38. The van der Waals surface area contributed by atoms with Gasteiger partial charge in [-0.25, -0.2) is 4.99 Å². The van der Waals surface area contributed by atoms with Gasteiger partial charge in [0.1, 0.15) is 12.1 Å². The number of nitrogens with two attached hydrogens (primary N) is 1. The van der Waals surface area contributed by atoms with Gasteiger partial charge in [-0.2, -0.15) is 11.8 Å². The molecule has 1 saturated heterocycles. The Bertz CT molecular complexity index is 187. The molecular formula is C7H12N2OS. The number of amidine groups is 1. The minimum atomic E-state index is 0.0486. The van der Waals surface area contributed by atoms with Crippen molar-refractivity contribution in [3.05, 3.63) is 0 Å². The normalized spacial score (nSPS) is 36.9. The first-order chi connectivity index (χ1) is 5.31. The molecule has 2 aliphatic rings. The van der Waals surface area contributed by atoms with Crippen LogP contribution in [-0.2, 0) is 4.74 Å². The lowest BCUT2D eigenvalue weighted by Crippen LogP contribution is -2.34. The fourth-order valence-electron chi connectivity index (χ4n) is 1.55. The molecule has 0 bridgehead atoms. The molecule has 0 aliphatic carbocycles. The minimum absolute atomic E-state index is 0.0486. The maximum atomic E-state index is 5.46. The van der Waals surface area contributed by atoms with Gasteiger partial charge in [-0.05, 0) is 18.6 Å². The van der Waals surface area contributed by atoms with Gasteiger partial charge in [0.25, 0.3) is 6.02 Å². The second-order valence-electron chi connectivity index (χ2n) is 3.12. The van der Waals surface area contributed by atoms with E-state index in [1.807, 2.05) is 11.8 Å². The van der Waals surface area contributed by atoms with Crippen LogP contribution in [0.15, 0.2) is 4.99 Å². The lowest BCUT2D eigenvalue weighted by molar-refractivity contribution is 0.255. The Morgan fingerprint density at radius 3 is 3.09 bits per heavy atom. The van der Waals surface area contributed by atoms with Crippen LogP contribution in [0.5, 0.6) is 0 Å². The van der Waals surface area contributed by atoms with Crippen molar-refractivity contribution in [1.29, 1.82) is 0 Å². The largest absolute Gasteiger partial charge is 0.463 e. The Hall–Kier alpha value is -0.380. The highest BCUT2D eigenvalue weighted by Crippen LogP contribution is 2.32. The highest BCUT2D eigenvalue weighted by molar-refractivity contribution is 7.99. The molecule has 0 radical (unpaired) electrons. The van der Waals surface area contributed by atoms with Crippen molar-refractivity contribution < 1.29 is 4.74 Å². The van der Waals surface area contributed by atoms with E-state index in [0.717, 1.165) is 12.2 Å². The molecule has 1 unspecified atom stereocenters. The van der Waals surface area contributed by atoms with Gasteiger partial charge in [0.2, 0.25) is 0 Å². The Labute approximate surface area is 70.4 Å². The van der Waals surface area contributed by atoms with Crippen LogP contribution in [0.25, 0.3) is 0 Å². The average molecular weight is 172 g/mol. The Balaban J connectivity index is 2.09. The molecule has 0 saturated carbocycles. The van der Waals surface area contributed by atoms with Crippen molar-refractivity contribution in [3.8, 4) is 0 Å². The number of rotatable bonds is 0. The monoisotopic (exact) mass is 172 g/mol. The molecule has 1 atom stereocenters. The summed E-state index contributed by atoms with van der Waals surface area (Å²) in [4.78, 5) is 4.33. The summed E-state index contributed by atoms with van der Waals surface area (Å²) in [6.45, 7) is 0.700. The molecule has 0 aromatic heterocycles. The van der Waals surface area contributed by atoms with Gasteiger partial charge in [-0.15, -0.1) is 0 Å². The van der Waals surface area contributed by atoms with E-state index in [2.05, 4.69) is 4.99 Å². The van der Waals surface area contributed by atoms with E-state index < -0.39 is 0 Å². The van der Waals surface area contributed by atoms with Gasteiger partial charge in [-0.3, -0.25) is 0 Å². The van der Waals surface area contributed by atoms with Crippen molar-refractivity contribution in [1.82, 2.24) is 0 Å². The van der Waals surface area contributed by atoms with E-state index in [9.17, 15) is 0 Å². The summed E-state index contributed by atoms with van der Waals surface area (Å²) < 4.78 is 5.16. The number of thioether (sulfide) groups is 1. The fourth-order valence-corrected chi connectivity index (χ4v) is 2.71. The van der Waals surface area contributed by atoms with E-state index >= 15 is 0 Å². The average Bonchev–Trinajstić information content (AvgIpc) is 2.34. The van der Waals surface area contributed by atoms with Crippen molar-refractivity contribution in [2.24, 2.45) is 10.7 Å². The molecule has 2 heterocycles. The van der Waals surface area contributed by atoms with Gasteiger partial charge in [-0.1, -0.05) is 0 Å². The predicted molar refractivity (Wildman–Crippen MR) is 46.9 cm³/mol. The van der Waals surface area contributed by atoms with Crippen molar-refractivity contribution >= 4 is 17.8 Å². The maximum absolute atomic E-state index is 5.46. The van der Waals surface area contributed by atoms with Crippen molar-refractivity contribution in [3.63, 3.8) is 0 Å². The Morgan fingerprint density at radius 1 is 1.64 bits per heavy atom. The molecule has 3 nitrogen and oxygen atoms in total. The van der Waals surface area contributed by atoms with Gasteiger partial charge in [0, 0.05) is 5.75 Å². The van der Waals surface area contributed by atoms with Crippen LogP contribution in [0, 0.1) is 0 Å². The second-order valence-corrected chi connectivity index (χ2v) is 4.22. The van der Waals surface area contributed by atoms with Crippen LogP contribution < -0.4 is 5.73 Å². The molecule has 1 fully saturated rings. The molecule has 11 heavy (non-hydrogen) atoms. The highest BCUT2D eigenvalue weighted by Gasteiger charge is 2.37. The fraction of sp³-hybridized carbons (Fsp3) is 0.857. The molecule has 0 aromatic carbocycles. The van der Waals surface area contributed by atoms with Crippen LogP contribution in [0.2, 0.25) is 0 Å². The summed E-state index contributed by atoms with van der Waals surface area (Å²) in [5.74, 6) is 2.34. The van der Waals surface area contributed by atoms with E-state index in [0.29, 0.717) is 12.6 Å². The van der Waals surface area contributed by atoms with Gasteiger partial charge >= 0.3 is 0 Å². The van der Waals surface area contributed by atoms with Crippen LogP contribution in [0.3, 0.4) is 0 Å². The molecular weight excluding hydrogens is 160 g/mol. The maximum Gasteiger partial charge on any atom is 0.282 e. The second kappa shape index (κ2) is 2.59. The zero-order valence-corrected chi connectivity index (χ0v) is 7.19. The van der Waals surface area contributed by atoms with Gasteiger partial charge in [0.15, 0.2) is 0 Å². The van der Waals surface area contributed by atoms with Crippen LogP contribution >= 0.6 is 11.8 Å². The van der Waals surface area contributed by atoms with E-state index in [1.165, 1.54) is 12.2 Å². The minimum Gasteiger partial charge on any atom is -0.463 e. The number of aliphatic imine (C=N–C) groups is 1. The first-order valence-electron chi connectivity index (χ1n) is 3.87. The van der Waals surface area contributed by atoms with E-state index in [4.69, 9.17) is 10.5 Å². The lowest BCUT2D eigenvalue weighted by atomic mass is 9.98. The summed E-state index contributed by atoms with van der Waals surface area (Å²) in [7, 11) is 0. The first-order valence-corrected chi connectivity index (χ1v) is 5.02. The third-order valence-electron chi connectivity index (χ3n) is 2.14. The van der Waals surface area contributed by atoms with Crippen LogP contribution in [-0.4, -0.2) is 29.7 Å². The molecule has 4 heteroatoms. The standard InChI is InChI=1S/C7H12N2OS/c8-6-9-7(4-10-6)2-1-3-11-5-7/h1-5H2,(H2,8,9). The third-order valence-corrected chi connectivity index (χ3v) is 3.46. The van der Waals surface area contributed by atoms with Crippen LogP contribution in [0.4, 0.5) is 0 Å². The number of hydrogen-bond donors (Lipinski definition) is 1. The topological polar surface area (TPSA) is 47.6 Å². The predicted octanol–water partition coefficient (Wildman–Crippen LogP) is 0.597. The number of ether oxygens (including phenoxy) is 1. The Kier molecular flexibility index (Phi) is 1.71. The first kappa shape index (κ1) is 7.28. The molecule has 62 valence electrons. The van der Waals surface area contributed by atoms with Crippen molar-refractivity contribution in [2.75, 3.05) is 18.1 Å². The lowest BCUT2D eigenvalue weighted by Gasteiger charge is -2.27. The molecule has 2 aliphatic heterocycles.